The van der Waals surface area contributed by atoms with Gasteiger partial charge in [-0.05, 0) is 31.5 Å². The molecule has 0 aliphatic rings. The molecule has 0 fully saturated rings. The number of halogens is 2. The molecule has 0 spiro atoms. The summed E-state index contributed by atoms with van der Waals surface area (Å²) in [7, 11) is 0. The van der Waals surface area contributed by atoms with Gasteiger partial charge in [0.15, 0.2) is 0 Å². The van der Waals surface area contributed by atoms with Crippen LogP contribution in [0.2, 0.25) is 0 Å². The van der Waals surface area contributed by atoms with Crippen LogP contribution < -0.4 is 5.32 Å². The van der Waals surface area contributed by atoms with E-state index in [9.17, 15) is 13.6 Å². The van der Waals surface area contributed by atoms with E-state index in [2.05, 4.69) is 10.3 Å². The van der Waals surface area contributed by atoms with E-state index in [1.165, 1.54) is 18.2 Å². The number of nitrogens with zero attached hydrogens (tertiary/aromatic N) is 1. The molecule has 6 heteroatoms. The van der Waals surface area contributed by atoms with Crippen molar-refractivity contribution in [3.8, 4) is 10.6 Å². The van der Waals surface area contributed by atoms with E-state index in [4.69, 9.17) is 0 Å². The fourth-order valence-electron chi connectivity index (χ4n) is 2.50. The first-order valence-electron chi connectivity index (χ1n) is 7.75. The standard InChI is InChI=1S/C19H16F2N2OS/c1-11(13-7-4-3-5-8-13)22-18(24)17-12(2)23-19(25-17)16-14(20)9-6-10-15(16)21/h3-11H,1-2H3,(H,22,24). The smallest absolute Gasteiger partial charge is 0.263 e. The maximum absolute atomic E-state index is 13.9. The van der Waals surface area contributed by atoms with Crippen LogP contribution >= 0.6 is 11.3 Å². The van der Waals surface area contributed by atoms with Crippen LogP contribution in [0.3, 0.4) is 0 Å². The fraction of sp³-hybridized carbons (Fsp3) is 0.158. The molecule has 0 bridgehead atoms. The summed E-state index contributed by atoms with van der Waals surface area (Å²) >= 11 is 0.983. The van der Waals surface area contributed by atoms with Gasteiger partial charge in [-0.3, -0.25) is 4.79 Å². The quantitative estimate of drug-likeness (QED) is 0.722. The average molecular weight is 358 g/mol. The van der Waals surface area contributed by atoms with Crippen molar-refractivity contribution in [2.75, 3.05) is 0 Å². The second-order valence-corrected chi connectivity index (χ2v) is 6.64. The van der Waals surface area contributed by atoms with Crippen LogP contribution in [0.25, 0.3) is 10.6 Å². The molecular weight excluding hydrogens is 342 g/mol. The normalized spacial score (nSPS) is 12.0. The zero-order valence-corrected chi connectivity index (χ0v) is 14.5. The van der Waals surface area contributed by atoms with Gasteiger partial charge in [0.1, 0.15) is 21.5 Å². The molecule has 0 saturated carbocycles. The van der Waals surface area contributed by atoms with Crippen molar-refractivity contribution in [2.45, 2.75) is 19.9 Å². The van der Waals surface area contributed by atoms with Gasteiger partial charge in [-0.1, -0.05) is 36.4 Å². The maximum atomic E-state index is 13.9. The third-order valence-corrected chi connectivity index (χ3v) is 5.00. The SMILES string of the molecule is Cc1nc(-c2c(F)cccc2F)sc1C(=O)NC(C)c1ccccc1. The number of rotatable bonds is 4. The van der Waals surface area contributed by atoms with Gasteiger partial charge in [0.05, 0.1) is 17.3 Å². The van der Waals surface area contributed by atoms with E-state index in [1.807, 2.05) is 37.3 Å². The highest BCUT2D eigenvalue weighted by molar-refractivity contribution is 7.17. The topological polar surface area (TPSA) is 42.0 Å². The molecule has 0 saturated heterocycles. The minimum absolute atomic E-state index is 0.158. The highest BCUT2D eigenvalue weighted by Crippen LogP contribution is 2.32. The first kappa shape index (κ1) is 17.2. The van der Waals surface area contributed by atoms with Crippen molar-refractivity contribution in [2.24, 2.45) is 0 Å². The van der Waals surface area contributed by atoms with Gasteiger partial charge in [-0.2, -0.15) is 0 Å². The second kappa shape index (κ2) is 7.11. The number of carbonyl (C=O) groups excluding carboxylic acids is 1. The zero-order chi connectivity index (χ0) is 18.0. The predicted molar refractivity (Wildman–Crippen MR) is 94.5 cm³/mol. The molecule has 1 aromatic heterocycles. The highest BCUT2D eigenvalue weighted by atomic mass is 32.1. The summed E-state index contributed by atoms with van der Waals surface area (Å²) in [5.74, 6) is -1.70. The summed E-state index contributed by atoms with van der Waals surface area (Å²) < 4.78 is 27.9. The molecule has 0 aliphatic heterocycles. The Hall–Kier alpha value is -2.60. The summed E-state index contributed by atoms with van der Waals surface area (Å²) in [5.41, 5.74) is 1.21. The van der Waals surface area contributed by atoms with E-state index >= 15 is 0 Å². The highest BCUT2D eigenvalue weighted by Gasteiger charge is 2.21. The molecule has 3 rings (SSSR count). The molecule has 1 N–H and O–H groups in total. The number of hydrogen-bond donors (Lipinski definition) is 1. The summed E-state index contributed by atoms with van der Waals surface area (Å²) in [6.45, 7) is 3.53. The van der Waals surface area contributed by atoms with Crippen molar-refractivity contribution in [3.05, 3.63) is 76.3 Å². The number of carbonyl (C=O) groups is 1. The van der Waals surface area contributed by atoms with Crippen LogP contribution in [-0.2, 0) is 0 Å². The number of aromatic nitrogens is 1. The number of benzene rings is 2. The maximum Gasteiger partial charge on any atom is 0.263 e. The van der Waals surface area contributed by atoms with E-state index in [-0.39, 0.29) is 22.5 Å². The van der Waals surface area contributed by atoms with Gasteiger partial charge in [0, 0.05) is 0 Å². The molecule has 3 nitrogen and oxygen atoms in total. The van der Waals surface area contributed by atoms with Crippen molar-refractivity contribution in [1.82, 2.24) is 10.3 Å². The Labute approximate surface area is 148 Å². The summed E-state index contributed by atoms with van der Waals surface area (Å²) in [6, 6.07) is 13.0. The van der Waals surface area contributed by atoms with Crippen LogP contribution in [0.5, 0.6) is 0 Å². The Morgan fingerprint density at radius 2 is 1.72 bits per heavy atom. The van der Waals surface area contributed by atoms with Gasteiger partial charge in [0.25, 0.3) is 5.91 Å². The van der Waals surface area contributed by atoms with E-state index in [0.717, 1.165) is 16.9 Å². The Morgan fingerprint density at radius 3 is 2.36 bits per heavy atom. The molecule has 2 aromatic carbocycles. The van der Waals surface area contributed by atoms with Gasteiger partial charge in [0.2, 0.25) is 0 Å². The van der Waals surface area contributed by atoms with Crippen LogP contribution in [0, 0.1) is 18.6 Å². The van der Waals surface area contributed by atoms with E-state index < -0.39 is 11.6 Å². The summed E-state index contributed by atoms with van der Waals surface area (Å²) in [5, 5.41) is 3.05. The van der Waals surface area contributed by atoms with Crippen LogP contribution in [0.1, 0.15) is 33.9 Å². The van der Waals surface area contributed by atoms with Gasteiger partial charge >= 0.3 is 0 Å². The van der Waals surface area contributed by atoms with Crippen molar-refractivity contribution in [3.63, 3.8) is 0 Å². The van der Waals surface area contributed by atoms with Gasteiger partial charge in [-0.25, -0.2) is 13.8 Å². The Kier molecular flexibility index (Phi) is 4.90. The molecule has 128 valence electrons. The number of nitrogens with one attached hydrogen (secondary N) is 1. The van der Waals surface area contributed by atoms with Crippen LogP contribution in [-0.4, -0.2) is 10.9 Å². The Morgan fingerprint density at radius 1 is 1.08 bits per heavy atom. The lowest BCUT2D eigenvalue weighted by Gasteiger charge is -2.13. The third kappa shape index (κ3) is 3.58. The molecule has 1 unspecified atom stereocenters. The molecule has 0 radical (unpaired) electrons. The van der Waals surface area contributed by atoms with Crippen molar-refractivity contribution in [1.29, 1.82) is 0 Å². The Balaban J connectivity index is 1.86. The van der Waals surface area contributed by atoms with Crippen molar-refractivity contribution < 1.29 is 13.6 Å². The first-order chi connectivity index (χ1) is 12.0. The number of thiazole rings is 1. The molecule has 0 aliphatic carbocycles. The van der Waals surface area contributed by atoms with E-state index in [1.54, 1.807) is 6.92 Å². The average Bonchev–Trinajstić information content (AvgIpc) is 2.97. The number of amides is 1. The molecule has 3 aromatic rings. The zero-order valence-electron chi connectivity index (χ0n) is 13.7. The van der Waals surface area contributed by atoms with Gasteiger partial charge in [-0.15, -0.1) is 11.3 Å². The van der Waals surface area contributed by atoms with Crippen molar-refractivity contribution >= 4 is 17.2 Å². The molecule has 1 amide bonds. The lowest BCUT2D eigenvalue weighted by molar-refractivity contribution is 0.0943. The monoisotopic (exact) mass is 358 g/mol. The molecular formula is C19H16F2N2OS. The Bertz CT molecular complexity index is 889. The molecule has 1 heterocycles. The number of aryl methyl sites for hydroxylation is 1. The van der Waals surface area contributed by atoms with Crippen LogP contribution in [0.4, 0.5) is 8.78 Å². The molecule has 1 atom stereocenters. The lowest BCUT2D eigenvalue weighted by atomic mass is 10.1. The summed E-state index contributed by atoms with van der Waals surface area (Å²) in [4.78, 5) is 17.1. The molecule has 25 heavy (non-hydrogen) atoms. The fourth-order valence-corrected chi connectivity index (χ4v) is 3.52. The minimum Gasteiger partial charge on any atom is -0.345 e. The largest absolute Gasteiger partial charge is 0.345 e. The van der Waals surface area contributed by atoms with E-state index in [0.29, 0.717) is 10.6 Å². The number of hydrogen-bond acceptors (Lipinski definition) is 3. The van der Waals surface area contributed by atoms with Crippen LogP contribution in [0.15, 0.2) is 48.5 Å². The predicted octanol–water partition coefficient (Wildman–Crippen LogP) is 4.89. The third-order valence-electron chi connectivity index (χ3n) is 3.83. The second-order valence-electron chi connectivity index (χ2n) is 5.64. The minimum atomic E-state index is -0.696. The summed E-state index contributed by atoms with van der Waals surface area (Å²) in [6.07, 6.45) is 0. The first-order valence-corrected chi connectivity index (χ1v) is 8.56. The van der Waals surface area contributed by atoms with Gasteiger partial charge < -0.3 is 5.32 Å². The lowest BCUT2D eigenvalue weighted by Crippen LogP contribution is -2.26.